The molecule has 0 fully saturated rings. The van der Waals surface area contributed by atoms with Crippen LogP contribution < -0.4 is 5.32 Å². The first-order valence-corrected chi connectivity index (χ1v) is 6.66. The first-order valence-electron chi connectivity index (χ1n) is 5.87. The van der Waals surface area contributed by atoms with E-state index >= 15 is 0 Å². The van der Waals surface area contributed by atoms with E-state index in [1.165, 1.54) is 0 Å². The second kappa shape index (κ2) is 4.73. The first-order chi connectivity index (χ1) is 8.36. The number of amides is 1. The largest absolute Gasteiger partial charge is 0.326 e. The Morgan fingerprint density at radius 2 is 1.67 bits per heavy atom. The van der Waals surface area contributed by atoms with Gasteiger partial charge in [-0.25, -0.2) is 0 Å². The van der Waals surface area contributed by atoms with Crippen molar-refractivity contribution in [2.75, 3.05) is 5.32 Å². The SMILES string of the molecule is CC(C)(C)C(=O)Nc1ccc2cc(Br)ccc2c1. The lowest BCUT2D eigenvalue weighted by atomic mass is 9.95. The molecule has 2 aromatic carbocycles. The fourth-order valence-corrected chi connectivity index (χ4v) is 1.99. The van der Waals surface area contributed by atoms with Gasteiger partial charge in [0, 0.05) is 15.6 Å². The third kappa shape index (κ3) is 2.91. The summed E-state index contributed by atoms with van der Waals surface area (Å²) in [7, 11) is 0. The maximum atomic E-state index is 11.9. The molecule has 0 unspecified atom stereocenters. The van der Waals surface area contributed by atoms with E-state index in [0.717, 1.165) is 20.9 Å². The molecule has 3 heteroatoms. The Kier molecular flexibility index (Phi) is 3.44. The molecule has 0 atom stereocenters. The number of fused-ring (bicyclic) bond motifs is 1. The van der Waals surface area contributed by atoms with Crippen LogP contribution in [0.5, 0.6) is 0 Å². The van der Waals surface area contributed by atoms with Crippen LogP contribution >= 0.6 is 15.9 Å². The van der Waals surface area contributed by atoms with Crippen molar-refractivity contribution >= 4 is 38.3 Å². The molecular weight excluding hydrogens is 290 g/mol. The summed E-state index contributed by atoms with van der Waals surface area (Å²) in [5.41, 5.74) is 0.457. The maximum Gasteiger partial charge on any atom is 0.229 e. The highest BCUT2D eigenvalue weighted by Gasteiger charge is 2.21. The van der Waals surface area contributed by atoms with Gasteiger partial charge < -0.3 is 5.32 Å². The van der Waals surface area contributed by atoms with Gasteiger partial charge in [0.15, 0.2) is 0 Å². The minimum atomic E-state index is -0.380. The standard InChI is InChI=1S/C15H16BrNO/c1-15(2,3)14(18)17-13-7-5-10-8-12(16)6-4-11(10)9-13/h4-9H,1-3H3,(H,17,18). The quantitative estimate of drug-likeness (QED) is 0.820. The zero-order valence-corrected chi connectivity index (χ0v) is 12.3. The topological polar surface area (TPSA) is 29.1 Å². The van der Waals surface area contributed by atoms with E-state index in [4.69, 9.17) is 0 Å². The molecule has 0 aliphatic carbocycles. The Morgan fingerprint density at radius 1 is 1.06 bits per heavy atom. The molecule has 0 heterocycles. The van der Waals surface area contributed by atoms with Crippen molar-refractivity contribution in [2.45, 2.75) is 20.8 Å². The molecule has 1 N–H and O–H groups in total. The predicted molar refractivity (Wildman–Crippen MR) is 79.7 cm³/mol. The van der Waals surface area contributed by atoms with E-state index in [1.807, 2.05) is 51.1 Å². The van der Waals surface area contributed by atoms with Crippen molar-refractivity contribution in [1.82, 2.24) is 0 Å². The monoisotopic (exact) mass is 305 g/mol. The van der Waals surface area contributed by atoms with Crippen LogP contribution in [-0.4, -0.2) is 5.91 Å². The Labute approximate surface area is 116 Å². The smallest absolute Gasteiger partial charge is 0.229 e. The van der Waals surface area contributed by atoms with E-state index < -0.39 is 0 Å². The maximum absolute atomic E-state index is 11.9. The molecule has 0 spiro atoms. The molecular formula is C15H16BrNO. The van der Waals surface area contributed by atoms with Crippen molar-refractivity contribution in [3.8, 4) is 0 Å². The summed E-state index contributed by atoms with van der Waals surface area (Å²) < 4.78 is 1.06. The fourth-order valence-electron chi connectivity index (χ4n) is 1.61. The van der Waals surface area contributed by atoms with Gasteiger partial charge >= 0.3 is 0 Å². The van der Waals surface area contributed by atoms with Crippen LogP contribution in [0.2, 0.25) is 0 Å². The number of anilines is 1. The van der Waals surface area contributed by atoms with Gasteiger partial charge in [0.05, 0.1) is 0 Å². The van der Waals surface area contributed by atoms with Crippen molar-refractivity contribution in [1.29, 1.82) is 0 Å². The van der Waals surface area contributed by atoms with Gasteiger partial charge in [0.25, 0.3) is 0 Å². The van der Waals surface area contributed by atoms with Crippen LogP contribution in [0.15, 0.2) is 40.9 Å². The van der Waals surface area contributed by atoms with E-state index in [9.17, 15) is 4.79 Å². The number of hydrogen-bond acceptors (Lipinski definition) is 1. The van der Waals surface area contributed by atoms with Gasteiger partial charge in [-0.1, -0.05) is 48.8 Å². The fraction of sp³-hybridized carbons (Fsp3) is 0.267. The molecule has 0 aromatic heterocycles. The number of halogens is 1. The van der Waals surface area contributed by atoms with Crippen LogP contribution in [0.3, 0.4) is 0 Å². The number of carbonyl (C=O) groups is 1. The predicted octanol–water partition coefficient (Wildman–Crippen LogP) is 4.59. The van der Waals surface area contributed by atoms with Crippen molar-refractivity contribution in [2.24, 2.45) is 5.41 Å². The number of rotatable bonds is 1. The highest BCUT2D eigenvalue weighted by molar-refractivity contribution is 9.10. The van der Waals surface area contributed by atoms with Crippen LogP contribution in [0.4, 0.5) is 5.69 Å². The molecule has 94 valence electrons. The van der Waals surface area contributed by atoms with Crippen molar-refractivity contribution in [3.63, 3.8) is 0 Å². The number of hydrogen-bond donors (Lipinski definition) is 1. The first kappa shape index (κ1) is 13.1. The molecule has 0 saturated heterocycles. The number of benzene rings is 2. The van der Waals surface area contributed by atoms with Crippen molar-refractivity contribution in [3.05, 3.63) is 40.9 Å². The van der Waals surface area contributed by atoms with Gasteiger partial charge in [-0.2, -0.15) is 0 Å². The molecule has 2 nitrogen and oxygen atoms in total. The summed E-state index contributed by atoms with van der Waals surface area (Å²) >= 11 is 3.45. The molecule has 1 amide bonds. The van der Waals surface area contributed by atoms with Gasteiger partial charge in [0.1, 0.15) is 0 Å². The molecule has 2 rings (SSSR count). The van der Waals surface area contributed by atoms with Crippen LogP contribution in [0, 0.1) is 5.41 Å². The van der Waals surface area contributed by atoms with E-state index in [1.54, 1.807) is 0 Å². The van der Waals surface area contributed by atoms with Gasteiger partial charge in [0.2, 0.25) is 5.91 Å². The van der Waals surface area contributed by atoms with Crippen LogP contribution in [0.1, 0.15) is 20.8 Å². The lowest BCUT2D eigenvalue weighted by Crippen LogP contribution is -2.27. The Bertz CT molecular complexity index is 599. The normalized spacial score (nSPS) is 11.6. The molecule has 18 heavy (non-hydrogen) atoms. The Morgan fingerprint density at radius 3 is 2.33 bits per heavy atom. The molecule has 0 aliphatic heterocycles. The van der Waals surface area contributed by atoms with Crippen LogP contribution in [-0.2, 0) is 4.79 Å². The third-order valence-electron chi connectivity index (χ3n) is 2.74. The molecule has 0 saturated carbocycles. The molecule has 0 bridgehead atoms. The lowest BCUT2D eigenvalue weighted by Gasteiger charge is -2.17. The summed E-state index contributed by atoms with van der Waals surface area (Å²) in [4.78, 5) is 11.9. The summed E-state index contributed by atoms with van der Waals surface area (Å²) in [5, 5.41) is 5.20. The minimum Gasteiger partial charge on any atom is -0.326 e. The average molecular weight is 306 g/mol. The minimum absolute atomic E-state index is 0.0268. The van der Waals surface area contributed by atoms with Gasteiger partial charge in [-0.3, -0.25) is 4.79 Å². The van der Waals surface area contributed by atoms with Crippen molar-refractivity contribution < 1.29 is 4.79 Å². The lowest BCUT2D eigenvalue weighted by molar-refractivity contribution is -0.123. The number of nitrogens with one attached hydrogen (secondary N) is 1. The highest BCUT2D eigenvalue weighted by atomic mass is 79.9. The van der Waals surface area contributed by atoms with E-state index in [2.05, 4.69) is 27.3 Å². The summed E-state index contributed by atoms with van der Waals surface area (Å²) in [6.45, 7) is 5.71. The third-order valence-corrected chi connectivity index (χ3v) is 3.23. The van der Waals surface area contributed by atoms with Gasteiger partial charge in [-0.15, -0.1) is 0 Å². The van der Waals surface area contributed by atoms with E-state index in [0.29, 0.717) is 0 Å². The zero-order valence-electron chi connectivity index (χ0n) is 10.8. The summed E-state index contributed by atoms with van der Waals surface area (Å²) in [5.74, 6) is 0.0268. The second-order valence-corrected chi connectivity index (χ2v) is 6.33. The van der Waals surface area contributed by atoms with Crippen LogP contribution in [0.25, 0.3) is 10.8 Å². The summed E-state index contributed by atoms with van der Waals surface area (Å²) in [6, 6.07) is 12.0. The Hall–Kier alpha value is -1.35. The number of carbonyl (C=O) groups excluding carboxylic acids is 1. The zero-order chi connectivity index (χ0) is 13.3. The second-order valence-electron chi connectivity index (χ2n) is 5.41. The molecule has 0 radical (unpaired) electrons. The Balaban J connectivity index is 2.31. The molecule has 0 aliphatic rings. The summed E-state index contributed by atoms with van der Waals surface area (Å²) in [6.07, 6.45) is 0. The highest BCUT2D eigenvalue weighted by Crippen LogP contribution is 2.24. The van der Waals surface area contributed by atoms with E-state index in [-0.39, 0.29) is 11.3 Å². The van der Waals surface area contributed by atoms with Gasteiger partial charge in [-0.05, 0) is 35.0 Å². The average Bonchev–Trinajstić information content (AvgIpc) is 2.28. The molecule has 2 aromatic rings.